The molecular weight excluding hydrogens is 539 g/mol. The fraction of sp³-hybridized carbons (Fsp3) is 0.438. The van der Waals surface area contributed by atoms with Gasteiger partial charge in [-0.2, -0.15) is 9.97 Å². The molecule has 2 fully saturated rings. The van der Waals surface area contributed by atoms with E-state index in [0.717, 1.165) is 48.3 Å². The molecule has 0 bridgehead atoms. The van der Waals surface area contributed by atoms with Crippen molar-refractivity contribution in [2.24, 2.45) is 5.41 Å². The lowest BCUT2D eigenvalue weighted by molar-refractivity contribution is -0.113. The number of aldehydes is 1. The molecule has 42 heavy (non-hydrogen) atoms. The molecule has 1 atom stereocenters. The quantitative estimate of drug-likeness (QED) is 0.201. The van der Waals surface area contributed by atoms with E-state index in [0.29, 0.717) is 42.0 Å². The standard InChI is InChI=1S/C32H35FN4O5/c1-4-20-7-5-8-21-13-22(42-19-40-3)14-23(25(20)21)27-26(33)28-24(15-34-27)29(37-12-6-9-31(2,39)16-37)36-30(35-28)41-18-32(17-38)10-11-32/h5,7-8,13-15,17,39H,4,6,9-12,16,18-19H2,1-3H3/t31-/m1/s1. The zero-order chi connectivity index (χ0) is 29.5. The van der Waals surface area contributed by atoms with Crippen LogP contribution in [0.25, 0.3) is 32.9 Å². The number of fused-ring (bicyclic) bond motifs is 2. The highest BCUT2D eigenvalue weighted by Crippen LogP contribution is 2.44. The predicted molar refractivity (Wildman–Crippen MR) is 157 cm³/mol. The number of carbonyl (C=O) groups is 1. The second-order valence-electron chi connectivity index (χ2n) is 11.7. The summed E-state index contributed by atoms with van der Waals surface area (Å²) < 4.78 is 33.5. The fourth-order valence-corrected chi connectivity index (χ4v) is 5.75. The number of β-amino-alcohol motifs (C(OH)–C–C–N with tert-alkyl or cyclic N) is 1. The monoisotopic (exact) mass is 574 g/mol. The van der Waals surface area contributed by atoms with E-state index in [1.807, 2.05) is 29.2 Å². The number of ether oxygens (including phenoxy) is 3. The number of aryl methyl sites for hydroxylation is 1. The van der Waals surface area contributed by atoms with Crippen molar-refractivity contribution in [3.8, 4) is 23.0 Å². The molecule has 3 heterocycles. The van der Waals surface area contributed by atoms with Crippen molar-refractivity contribution in [3.05, 3.63) is 47.9 Å². The molecule has 6 rings (SSSR count). The van der Waals surface area contributed by atoms with Gasteiger partial charge in [-0.3, -0.25) is 4.98 Å². The maximum absolute atomic E-state index is 16.7. The van der Waals surface area contributed by atoms with E-state index in [1.54, 1.807) is 26.3 Å². The Labute approximate surface area is 243 Å². The van der Waals surface area contributed by atoms with Gasteiger partial charge in [0.2, 0.25) is 0 Å². The van der Waals surface area contributed by atoms with Crippen molar-refractivity contribution in [2.75, 3.05) is 38.5 Å². The van der Waals surface area contributed by atoms with Crippen LogP contribution in [0.3, 0.4) is 0 Å². The zero-order valence-electron chi connectivity index (χ0n) is 24.2. The van der Waals surface area contributed by atoms with Crippen molar-refractivity contribution in [3.63, 3.8) is 0 Å². The van der Waals surface area contributed by atoms with Gasteiger partial charge >= 0.3 is 6.01 Å². The van der Waals surface area contributed by atoms with Gasteiger partial charge in [-0.15, -0.1) is 0 Å². The average Bonchev–Trinajstić information content (AvgIpc) is 3.78. The Morgan fingerprint density at radius 2 is 2.00 bits per heavy atom. The number of methoxy groups -OCH3 is 1. The molecule has 1 N–H and O–H groups in total. The van der Waals surface area contributed by atoms with Crippen LogP contribution in [-0.2, 0) is 16.0 Å². The number of pyridine rings is 1. The van der Waals surface area contributed by atoms with E-state index in [4.69, 9.17) is 14.2 Å². The third-order valence-corrected chi connectivity index (χ3v) is 8.27. The second-order valence-corrected chi connectivity index (χ2v) is 11.7. The van der Waals surface area contributed by atoms with Gasteiger partial charge < -0.3 is 29.0 Å². The lowest BCUT2D eigenvalue weighted by atomic mass is 9.94. The summed E-state index contributed by atoms with van der Waals surface area (Å²) in [5, 5.41) is 13.0. The van der Waals surface area contributed by atoms with Crippen LogP contribution in [0.5, 0.6) is 11.8 Å². The molecule has 0 unspecified atom stereocenters. The average molecular weight is 575 g/mol. The lowest BCUT2D eigenvalue weighted by Crippen LogP contribution is -2.46. The van der Waals surface area contributed by atoms with E-state index in [9.17, 15) is 9.90 Å². The molecule has 1 saturated heterocycles. The molecule has 1 aliphatic heterocycles. The number of rotatable bonds is 10. The Hall–Kier alpha value is -3.89. The van der Waals surface area contributed by atoms with Gasteiger partial charge in [0, 0.05) is 32.0 Å². The number of aliphatic hydroxyl groups is 1. The van der Waals surface area contributed by atoms with Crippen molar-refractivity contribution in [2.45, 2.75) is 51.6 Å². The number of carbonyl (C=O) groups excluding carboxylic acids is 1. The molecule has 0 amide bonds. The second kappa shape index (κ2) is 11.1. The maximum atomic E-state index is 16.7. The van der Waals surface area contributed by atoms with E-state index >= 15 is 4.39 Å². The minimum atomic E-state index is -0.920. The molecule has 1 aliphatic carbocycles. The number of hydrogen-bond acceptors (Lipinski definition) is 9. The van der Waals surface area contributed by atoms with Crippen LogP contribution in [-0.4, -0.2) is 65.5 Å². The van der Waals surface area contributed by atoms with Gasteiger partial charge in [0.1, 0.15) is 35.7 Å². The number of anilines is 1. The third-order valence-electron chi connectivity index (χ3n) is 8.27. The Balaban J connectivity index is 1.53. The Morgan fingerprint density at radius 1 is 1.17 bits per heavy atom. The summed E-state index contributed by atoms with van der Waals surface area (Å²) in [6.45, 7) is 4.97. The minimum Gasteiger partial charge on any atom is -0.468 e. The normalized spacial score (nSPS) is 19.7. The summed E-state index contributed by atoms with van der Waals surface area (Å²) in [5.74, 6) is 0.359. The van der Waals surface area contributed by atoms with E-state index < -0.39 is 16.8 Å². The zero-order valence-corrected chi connectivity index (χ0v) is 24.2. The molecule has 0 radical (unpaired) electrons. The van der Waals surface area contributed by atoms with Crippen molar-refractivity contribution < 1.29 is 28.5 Å². The van der Waals surface area contributed by atoms with Gasteiger partial charge in [-0.05, 0) is 67.5 Å². The summed E-state index contributed by atoms with van der Waals surface area (Å²) in [7, 11) is 1.54. The van der Waals surface area contributed by atoms with Crippen LogP contribution >= 0.6 is 0 Å². The number of halogens is 1. The van der Waals surface area contributed by atoms with Gasteiger partial charge in [-0.25, -0.2) is 4.39 Å². The highest BCUT2D eigenvalue weighted by Gasteiger charge is 2.44. The first-order chi connectivity index (χ1) is 20.3. The van der Waals surface area contributed by atoms with Crippen LogP contribution in [0, 0.1) is 11.2 Å². The summed E-state index contributed by atoms with van der Waals surface area (Å²) in [5.41, 5.74) is 0.366. The van der Waals surface area contributed by atoms with E-state index in [1.165, 1.54) is 0 Å². The van der Waals surface area contributed by atoms with Crippen LogP contribution in [0.15, 0.2) is 36.5 Å². The van der Waals surface area contributed by atoms with Crippen LogP contribution in [0.2, 0.25) is 0 Å². The van der Waals surface area contributed by atoms with Crippen LogP contribution in [0.4, 0.5) is 10.2 Å². The fourth-order valence-electron chi connectivity index (χ4n) is 5.75. The van der Waals surface area contributed by atoms with Gasteiger partial charge in [0.05, 0.1) is 16.4 Å². The number of hydrogen-bond donors (Lipinski definition) is 1. The third kappa shape index (κ3) is 5.36. The first-order valence-electron chi connectivity index (χ1n) is 14.4. The molecule has 220 valence electrons. The SMILES string of the molecule is CCc1cccc2cc(OCOC)cc(-c3ncc4c(N5CCC[C@@](C)(O)C5)nc(OCC5(C=O)CC5)nc4c3F)c12. The minimum absolute atomic E-state index is 0.0109. The number of aromatic nitrogens is 3. The van der Waals surface area contributed by atoms with Gasteiger partial charge in [0.15, 0.2) is 12.6 Å². The highest BCUT2D eigenvalue weighted by molar-refractivity contribution is 6.01. The summed E-state index contributed by atoms with van der Waals surface area (Å²) in [6, 6.07) is 9.63. The van der Waals surface area contributed by atoms with Crippen molar-refractivity contribution in [1.29, 1.82) is 0 Å². The van der Waals surface area contributed by atoms with Gasteiger partial charge in [-0.1, -0.05) is 25.1 Å². The van der Waals surface area contributed by atoms with Gasteiger partial charge in [0.25, 0.3) is 0 Å². The number of benzene rings is 2. The lowest BCUT2D eigenvalue weighted by Gasteiger charge is -2.37. The topological polar surface area (TPSA) is 107 Å². The maximum Gasteiger partial charge on any atom is 0.319 e. The first kappa shape index (κ1) is 28.2. The van der Waals surface area contributed by atoms with E-state index in [2.05, 4.69) is 21.9 Å². The van der Waals surface area contributed by atoms with Crippen molar-refractivity contribution in [1.82, 2.24) is 15.0 Å². The number of nitrogens with zero attached hydrogens (tertiary/aromatic N) is 4. The molecule has 10 heteroatoms. The summed E-state index contributed by atoms with van der Waals surface area (Å²) in [6.07, 6.45) is 6.13. The number of piperidine rings is 1. The molecule has 1 saturated carbocycles. The smallest absolute Gasteiger partial charge is 0.319 e. The molecule has 2 aliphatic rings. The first-order valence-corrected chi connectivity index (χ1v) is 14.4. The van der Waals surface area contributed by atoms with Crippen LogP contribution < -0.4 is 14.4 Å². The van der Waals surface area contributed by atoms with E-state index in [-0.39, 0.29) is 30.6 Å². The largest absolute Gasteiger partial charge is 0.468 e. The molecule has 2 aromatic heterocycles. The Morgan fingerprint density at radius 3 is 2.71 bits per heavy atom. The molecular formula is C32H35FN4O5. The Bertz CT molecular complexity index is 1660. The summed E-state index contributed by atoms with van der Waals surface area (Å²) in [4.78, 5) is 27.3. The Kier molecular flexibility index (Phi) is 7.44. The molecule has 4 aromatic rings. The molecule has 0 spiro atoms. The van der Waals surface area contributed by atoms with Crippen molar-refractivity contribution >= 4 is 33.8 Å². The molecule has 2 aromatic carbocycles. The highest BCUT2D eigenvalue weighted by atomic mass is 19.1. The molecule has 9 nitrogen and oxygen atoms in total. The summed E-state index contributed by atoms with van der Waals surface area (Å²) >= 11 is 0. The predicted octanol–water partition coefficient (Wildman–Crippen LogP) is 5.24. The van der Waals surface area contributed by atoms with Crippen LogP contribution in [0.1, 0.15) is 45.1 Å².